The third-order valence-electron chi connectivity index (χ3n) is 9.58. The second-order valence-electron chi connectivity index (χ2n) is 13.0. The third-order valence-corrected chi connectivity index (χ3v) is 9.58. The molecule has 0 bridgehead atoms. The topological polar surface area (TPSA) is 180 Å². The van der Waals surface area contributed by atoms with Crippen molar-refractivity contribution in [1.29, 1.82) is 0 Å². The Kier molecular flexibility index (Phi) is 7.72. The highest BCUT2D eigenvalue weighted by Gasteiger charge is 2.43. The van der Waals surface area contributed by atoms with Crippen molar-refractivity contribution in [1.82, 2.24) is 0 Å². The van der Waals surface area contributed by atoms with Gasteiger partial charge in [-0.1, -0.05) is 36.4 Å². The van der Waals surface area contributed by atoms with Crippen LogP contribution in [0.25, 0.3) is 12.2 Å². The van der Waals surface area contributed by atoms with Crippen LogP contribution in [0.3, 0.4) is 0 Å². The van der Waals surface area contributed by atoms with Crippen molar-refractivity contribution >= 4 is 12.2 Å². The fraction of sp³-hybridized carbons (Fsp3) is 0.0952. The Morgan fingerprint density at radius 1 is 0.385 bits per heavy atom. The van der Waals surface area contributed by atoms with E-state index in [9.17, 15) is 40.9 Å². The van der Waals surface area contributed by atoms with E-state index in [0.717, 1.165) is 0 Å². The number of aromatic hydroxyl groups is 8. The first-order chi connectivity index (χ1) is 25.0. The molecule has 0 unspecified atom stereocenters. The number of rotatable bonds is 6. The molecule has 0 aliphatic carbocycles. The second-order valence-corrected chi connectivity index (χ2v) is 13.0. The summed E-state index contributed by atoms with van der Waals surface area (Å²) in [6.45, 7) is 0. The van der Waals surface area contributed by atoms with Crippen LogP contribution in [-0.4, -0.2) is 40.9 Å². The van der Waals surface area contributed by atoms with Crippen LogP contribution in [0.15, 0.2) is 109 Å². The minimum atomic E-state index is -0.714. The molecule has 52 heavy (non-hydrogen) atoms. The van der Waals surface area contributed by atoms with Gasteiger partial charge in [0.1, 0.15) is 69.7 Å². The molecule has 8 N–H and O–H groups in total. The van der Waals surface area contributed by atoms with Crippen LogP contribution in [0.4, 0.5) is 0 Å². The molecule has 10 nitrogen and oxygen atoms in total. The van der Waals surface area contributed by atoms with Gasteiger partial charge in [-0.25, -0.2) is 0 Å². The number of phenolic OH excluding ortho intramolecular Hbond substituents is 8. The van der Waals surface area contributed by atoms with Crippen molar-refractivity contribution in [3.8, 4) is 57.5 Å². The van der Waals surface area contributed by atoms with Gasteiger partial charge in [0, 0.05) is 28.8 Å². The van der Waals surface area contributed by atoms with E-state index < -0.39 is 24.0 Å². The molecule has 0 amide bonds. The molecule has 0 fully saturated rings. The molecule has 4 atom stereocenters. The van der Waals surface area contributed by atoms with Gasteiger partial charge in [-0.2, -0.15) is 0 Å². The van der Waals surface area contributed by atoms with Gasteiger partial charge in [0.05, 0.1) is 11.8 Å². The van der Waals surface area contributed by atoms with Gasteiger partial charge in [0.25, 0.3) is 0 Å². The summed E-state index contributed by atoms with van der Waals surface area (Å²) in [6.07, 6.45) is 1.92. The minimum absolute atomic E-state index is 0.0630. The van der Waals surface area contributed by atoms with E-state index in [4.69, 9.17) is 9.47 Å². The van der Waals surface area contributed by atoms with Crippen LogP contribution in [0.2, 0.25) is 0 Å². The summed E-state index contributed by atoms with van der Waals surface area (Å²) in [4.78, 5) is 0. The highest BCUT2D eigenvalue weighted by atomic mass is 16.5. The van der Waals surface area contributed by atoms with Crippen molar-refractivity contribution in [3.05, 3.63) is 154 Å². The van der Waals surface area contributed by atoms with Crippen molar-refractivity contribution in [2.45, 2.75) is 24.0 Å². The molecule has 0 radical (unpaired) electrons. The highest BCUT2D eigenvalue weighted by molar-refractivity contribution is 5.75. The fourth-order valence-electron chi connectivity index (χ4n) is 7.26. The normalized spacial score (nSPS) is 18.8. The van der Waals surface area contributed by atoms with E-state index in [-0.39, 0.29) is 46.0 Å². The van der Waals surface area contributed by atoms with Gasteiger partial charge in [0.2, 0.25) is 0 Å². The van der Waals surface area contributed by atoms with E-state index in [1.807, 2.05) is 0 Å². The maximum absolute atomic E-state index is 11.8. The largest absolute Gasteiger partial charge is 0.508 e. The van der Waals surface area contributed by atoms with E-state index in [1.165, 1.54) is 54.6 Å². The number of hydrogen-bond donors (Lipinski definition) is 8. The Morgan fingerprint density at radius 3 is 1.44 bits per heavy atom. The lowest BCUT2D eigenvalue weighted by Gasteiger charge is -2.22. The maximum atomic E-state index is 11.8. The number of benzene rings is 6. The molecule has 2 heterocycles. The zero-order chi connectivity index (χ0) is 36.3. The van der Waals surface area contributed by atoms with Crippen molar-refractivity contribution in [3.63, 3.8) is 0 Å². The van der Waals surface area contributed by atoms with E-state index in [0.29, 0.717) is 56.0 Å². The zero-order valence-corrected chi connectivity index (χ0v) is 27.3. The minimum Gasteiger partial charge on any atom is -0.508 e. The molecule has 2 aliphatic heterocycles. The predicted octanol–water partition coefficient (Wildman–Crippen LogP) is 8.03. The molecular formula is C42H32O10. The maximum Gasteiger partial charge on any atom is 0.135 e. The number of hydrogen-bond acceptors (Lipinski definition) is 10. The van der Waals surface area contributed by atoms with Crippen molar-refractivity contribution in [2.24, 2.45) is 0 Å². The van der Waals surface area contributed by atoms with Crippen LogP contribution < -0.4 is 9.47 Å². The molecule has 260 valence electrons. The van der Waals surface area contributed by atoms with Gasteiger partial charge in [-0.05, 0) is 101 Å². The average molecular weight is 697 g/mol. The molecule has 0 spiro atoms. The van der Waals surface area contributed by atoms with Crippen molar-refractivity contribution < 1.29 is 50.3 Å². The predicted molar refractivity (Wildman–Crippen MR) is 191 cm³/mol. The van der Waals surface area contributed by atoms with Crippen LogP contribution >= 0.6 is 0 Å². The van der Waals surface area contributed by atoms with Crippen LogP contribution in [0, 0.1) is 0 Å². The second kappa shape index (κ2) is 12.4. The molecule has 6 aromatic carbocycles. The Balaban J connectivity index is 1.25. The first-order valence-electron chi connectivity index (χ1n) is 16.4. The SMILES string of the molecule is Oc1ccc([C@@H]2Oc3cc(/C=C/c4ccc(O)cc4O)cc(O)c3[C@H]2c2cc(O)c3c(c2)O[C@@H](c2ccc(O)cc2)[C@@H]3c2cc(O)cc(O)c2)cc1. The van der Waals surface area contributed by atoms with Crippen LogP contribution in [0.1, 0.15) is 68.6 Å². The standard InChI is InChI=1S/C42H32O10/c43-27-8-4-23(5-9-27)41-37(25-15-30(46)19-31(47)16-25)40-34(50)17-26(18-36(40)52-41)38-39-33(49)13-21(1-2-22-3-12-29(45)20-32(22)48)14-35(39)51-42(38)24-6-10-28(44)11-7-24/h1-20,37-38,41-50H/b2-1+/t37-,38-,41+,42+/m1/s1. The molecular weight excluding hydrogens is 664 g/mol. The summed E-state index contributed by atoms with van der Waals surface area (Å²) < 4.78 is 13.1. The lowest BCUT2D eigenvalue weighted by atomic mass is 9.81. The Bertz CT molecular complexity index is 2350. The number of phenols is 8. The van der Waals surface area contributed by atoms with E-state index in [1.54, 1.807) is 66.7 Å². The summed E-state index contributed by atoms with van der Waals surface area (Å²) in [5.74, 6) is -1.17. The number of fused-ring (bicyclic) bond motifs is 2. The summed E-state index contributed by atoms with van der Waals surface area (Å²) in [6, 6.07) is 28.1. The Labute approximate surface area is 297 Å². The first-order valence-corrected chi connectivity index (χ1v) is 16.4. The van der Waals surface area contributed by atoms with E-state index in [2.05, 4.69) is 0 Å². The van der Waals surface area contributed by atoms with Crippen LogP contribution in [-0.2, 0) is 0 Å². The Hall–Kier alpha value is -6.94. The monoisotopic (exact) mass is 696 g/mol. The molecule has 0 saturated heterocycles. The van der Waals surface area contributed by atoms with Gasteiger partial charge in [-0.3, -0.25) is 0 Å². The average Bonchev–Trinajstić information content (AvgIpc) is 3.68. The van der Waals surface area contributed by atoms with Crippen molar-refractivity contribution in [2.75, 3.05) is 0 Å². The zero-order valence-electron chi connectivity index (χ0n) is 27.3. The summed E-state index contributed by atoms with van der Waals surface area (Å²) >= 11 is 0. The number of ether oxygens (including phenoxy) is 2. The third kappa shape index (κ3) is 5.75. The van der Waals surface area contributed by atoms with Gasteiger partial charge in [-0.15, -0.1) is 0 Å². The quantitative estimate of drug-likeness (QED) is 0.0795. The van der Waals surface area contributed by atoms with Gasteiger partial charge >= 0.3 is 0 Å². The summed E-state index contributed by atoms with van der Waals surface area (Å²) in [5, 5.41) is 84.0. The van der Waals surface area contributed by atoms with Gasteiger partial charge in [0.15, 0.2) is 0 Å². The van der Waals surface area contributed by atoms with Gasteiger partial charge < -0.3 is 50.3 Å². The van der Waals surface area contributed by atoms with E-state index >= 15 is 0 Å². The smallest absolute Gasteiger partial charge is 0.135 e. The molecule has 2 aliphatic rings. The molecule has 0 aromatic heterocycles. The fourth-order valence-corrected chi connectivity index (χ4v) is 7.26. The highest BCUT2D eigenvalue weighted by Crippen LogP contribution is 2.58. The lowest BCUT2D eigenvalue weighted by Crippen LogP contribution is -2.11. The molecule has 8 rings (SSSR count). The van der Waals surface area contributed by atoms with Crippen LogP contribution in [0.5, 0.6) is 57.5 Å². The summed E-state index contributed by atoms with van der Waals surface area (Å²) in [5.41, 5.74) is 4.34. The molecule has 0 saturated carbocycles. The Morgan fingerprint density at radius 2 is 0.885 bits per heavy atom. The molecule has 6 aromatic rings. The summed E-state index contributed by atoms with van der Waals surface area (Å²) in [7, 11) is 0. The lowest BCUT2D eigenvalue weighted by molar-refractivity contribution is 0.218. The molecule has 10 heteroatoms. The first kappa shape index (κ1) is 32.3.